The topological polar surface area (TPSA) is 41.5 Å². The Kier molecular flexibility index (Phi) is 5.26. The van der Waals surface area contributed by atoms with E-state index in [0.29, 0.717) is 5.75 Å². The summed E-state index contributed by atoms with van der Waals surface area (Å²) in [6.07, 6.45) is 3.98. The van der Waals surface area contributed by atoms with Crippen molar-refractivity contribution in [3.8, 4) is 0 Å². The molecule has 1 aliphatic rings. The third-order valence-corrected chi connectivity index (χ3v) is 5.93. The van der Waals surface area contributed by atoms with Gasteiger partial charge < -0.3 is 0 Å². The number of nitrogens with zero attached hydrogens (tertiary/aromatic N) is 1. The minimum atomic E-state index is -0.0747. The van der Waals surface area contributed by atoms with Crippen molar-refractivity contribution in [3.05, 3.63) is 82.4 Å². The van der Waals surface area contributed by atoms with E-state index in [4.69, 9.17) is 0 Å². The second-order valence-corrected chi connectivity index (χ2v) is 7.91. The summed E-state index contributed by atoms with van der Waals surface area (Å²) in [5.41, 5.74) is 9.00. The van der Waals surface area contributed by atoms with Crippen LogP contribution in [0.15, 0.2) is 59.7 Å². The Morgan fingerprint density at radius 2 is 1.85 bits per heavy atom. The first-order valence-corrected chi connectivity index (χ1v) is 10.3. The third kappa shape index (κ3) is 4.06. The smallest absolute Gasteiger partial charge is 0.250 e. The zero-order valence-corrected chi connectivity index (χ0v) is 16.2. The largest absolute Gasteiger partial charge is 0.272 e. The van der Waals surface area contributed by atoms with Gasteiger partial charge in [0.2, 0.25) is 5.91 Å². The molecule has 4 rings (SSSR count). The molecule has 0 aliphatic heterocycles. The van der Waals surface area contributed by atoms with E-state index in [2.05, 4.69) is 72.0 Å². The number of rotatable bonds is 6. The fourth-order valence-electron chi connectivity index (χ4n) is 3.53. The highest BCUT2D eigenvalue weighted by atomic mass is 32.2. The van der Waals surface area contributed by atoms with E-state index >= 15 is 0 Å². The molecule has 1 amide bonds. The highest BCUT2D eigenvalue weighted by molar-refractivity contribution is 7.99. The van der Waals surface area contributed by atoms with Crippen LogP contribution in [-0.4, -0.2) is 17.9 Å². The van der Waals surface area contributed by atoms with Crippen LogP contribution in [0.4, 0.5) is 0 Å². The number of hydrogen-bond acceptors (Lipinski definition) is 3. The Morgan fingerprint density at radius 3 is 2.67 bits per heavy atom. The molecule has 0 radical (unpaired) electrons. The molecule has 0 aromatic heterocycles. The summed E-state index contributed by atoms with van der Waals surface area (Å²) in [5.74, 6) is 1.15. The molecule has 136 valence electrons. The SMILES string of the molecule is Cc1ccc(CSCC(=O)N/N=C/c2ccc3c4c(cccc24)CC3)cc1. The number of hydrogen-bond donors (Lipinski definition) is 1. The minimum absolute atomic E-state index is 0.0747. The Balaban J connectivity index is 1.33. The van der Waals surface area contributed by atoms with E-state index < -0.39 is 0 Å². The maximum atomic E-state index is 12.0. The Hall–Kier alpha value is -2.59. The molecule has 0 atom stereocenters. The van der Waals surface area contributed by atoms with Crippen LogP contribution in [0.1, 0.15) is 27.8 Å². The number of nitrogens with one attached hydrogen (secondary N) is 1. The highest BCUT2D eigenvalue weighted by Gasteiger charge is 2.14. The van der Waals surface area contributed by atoms with E-state index in [0.717, 1.165) is 24.2 Å². The fourth-order valence-corrected chi connectivity index (χ4v) is 4.31. The van der Waals surface area contributed by atoms with Crippen LogP contribution in [0.2, 0.25) is 0 Å². The summed E-state index contributed by atoms with van der Waals surface area (Å²) < 4.78 is 0. The number of hydrazone groups is 1. The van der Waals surface area contributed by atoms with Gasteiger partial charge in [-0.15, -0.1) is 11.8 Å². The van der Waals surface area contributed by atoms with Gasteiger partial charge in [-0.25, -0.2) is 5.43 Å². The lowest BCUT2D eigenvalue weighted by atomic mass is 10.0. The number of carbonyl (C=O) groups excluding carboxylic acids is 1. The number of carbonyl (C=O) groups is 1. The average molecular weight is 375 g/mol. The van der Waals surface area contributed by atoms with E-state index in [1.807, 2.05) is 0 Å². The second-order valence-electron chi connectivity index (χ2n) is 6.93. The summed E-state index contributed by atoms with van der Waals surface area (Å²) in [7, 11) is 0. The zero-order valence-electron chi connectivity index (χ0n) is 15.4. The first-order chi connectivity index (χ1) is 13.2. The van der Waals surface area contributed by atoms with Gasteiger partial charge in [-0.05, 0) is 47.2 Å². The van der Waals surface area contributed by atoms with Crippen molar-refractivity contribution in [1.82, 2.24) is 5.43 Å². The van der Waals surface area contributed by atoms with Gasteiger partial charge in [0.25, 0.3) is 0 Å². The number of amides is 1. The number of aryl methyl sites for hydroxylation is 3. The highest BCUT2D eigenvalue weighted by Crippen LogP contribution is 2.32. The van der Waals surface area contributed by atoms with Crippen molar-refractivity contribution < 1.29 is 4.79 Å². The van der Waals surface area contributed by atoms with Crippen LogP contribution in [-0.2, 0) is 23.4 Å². The van der Waals surface area contributed by atoms with Crippen LogP contribution in [0.3, 0.4) is 0 Å². The van der Waals surface area contributed by atoms with Gasteiger partial charge >= 0.3 is 0 Å². The summed E-state index contributed by atoms with van der Waals surface area (Å²) in [6, 6.07) is 19.1. The third-order valence-electron chi connectivity index (χ3n) is 4.93. The molecule has 3 aromatic carbocycles. The molecule has 3 nitrogen and oxygen atoms in total. The average Bonchev–Trinajstić information content (AvgIpc) is 3.10. The van der Waals surface area contributed by atoms with E-state index in [-0.39, 0.29) is 5.91 Å². The summed E-state index contributed by atoms with van der Waals surface area (Å²) in [4.78, 5) is 12.0. The van der Waals surface area contributed by atoms with E-state index in [1.165, 1.54) is 33.0 Å². The standard InChI is InChI=1S/C23H22N2OS/c1-16-5-7-17(8-6-16)14-27-15-22(26)25-24-13-20-12-11-19-10-9-18-3-2-4-21(20)23(18)19/h2-8,11-13H,9-10,14-15H2,1H3,(H,25,26)/b24-13+. The molecule has 0 spiro atoms. The van der Waals surface area contributed by atoms with Crippen LogP contribution in [0, 0.1) is 6.92 Å². The van der Waals surface area contributed by atoms with Gasteiger partial charge in [0.05, 0.1) is 12.0 Å². The predicted molar refractivity (Wildman–Crippen MR) is 114 cm³/mol. The van der Waals surface area contributed by atoms with Crippen molar-refractivity contribution in [1.29, 1.82) is 0 Å². The lowest BCUT2D eigenvalue weighted by molar-refractivity contribution is -0.118. The minimum Gasteiger partial charge on any atom is -0.272 e. The summed E-state index contributed by atoms with van der Waals surface area (Å²) >= 11 is 1.60. The molecule has 0 fully saturated rings. The fraction of sp³-hybridized carbons (Fsp3) is 0.217. The van der Waals surface area contributed by atoms with E-state index in [1.54, 1.807) is 18.0 Å². The van der Waals surface area contributed by atoms with Gasteiger partial charge in [0.1, 0.15) is 0 Å². The van der Waals surface area contributed by atoms with Gasteiger partial charge in [-0.1, -0.05) is 60.2 Å². The number of thioether (sulfide) groups is 1. The van der Waals surface area contributed by atoms with Crippen molar-refractivity contribution in [3.63, 3.8) is 0 Å². The predicted octanol–water partition coefficient (Wildman–Crippen LogP) is 4.63. The molecular weight excluding hydrogens is 352 g/mol. The molecular formula is C23H22N2OS. The summed E-state index contributed by atoms with van der Waals surface area (Å²) in [6.45, 7) is 2.07. The zero-order chi connectivity index (χ0) is 18.6. The van der Waals surface area contributed by atoms with Crippen LogP contribution < -0.4 is 5.43 Å². The van der Waals surface area contributed by atoms with Crippen molar-refractivity contribution in [2.45, 2.75) is 25.5 Å². The number of benzene rings is 3. The van der Waals surface area contributed by atoms with Gasteiger partial charge in [0.15, 0.2) is 0 Å². The van der Waals surface area contributed by atoms with Crippen molar-refractivity contribution in [2.24, 2.45) is 5.10 Å². The van der Waals surface area contributed by atoms with Gasteiger partial charge in [-0.2, -0.15) is 5.10 Å². The monoisotopic (exact) mass is 374 g/mol. The summed E-state index contributed by atoms with van der Waals surface area (Å²) in [5, 5.41) is 6.75. The Bertz CT molecular complexity index is 999. The van der Waals surface area contributed by atoms with Crippen molar-refractivity contribution in [2.75, 3.05) is 5.75 Å². The lowest BCUT2D eigenvalue weighted by Crippen LogP contribution is -2.19. The maximum Gasteiger partial charge on any atom is 0.250 e. The molecule has 0 saturated carbocycles. The molecule has 1 aliphatic carbocycles. The molecule has 0 bridgehead atoms. The molecule has 1 N–H and O–H groups in total. The normalized spacial score (nSPS) is 12.8. The van der Waals surface area contributed by atoms with Crippen LogP contribution in [0.5, 0.6) is 0 Å². The lowest BCUT2D eigenvalue weighted by Gasteiger charge is -2.05. The van der Waals surface area contributed by atoms with E-state index in [9.17, 15) is 4.79 Å². The van der Waals surface area contributed by atoms with Gasteiger partial charge in [0, 0.05) is 11.3 Å². The molecule has 0 unspecified atom stereocenters. The molecule has 0 saturated heterocycles. The molecule has 3 aromatic rings. The second kappa shape index (κ2) is 7.97. The Morgan fingerprint density at radius 1 is 1.07 bits per heavy atom. The molecule has 27 heavy (non-hydrogen) atoms. The van der Waals surface area contributed by atoms with Crippen LogP contribution in [0.25, 0.3) is 10.8 Å². The first kappa shape index (κ1) is 17.8. The first-order valence-electron chi connectivity index (χ1n) is 9.19. The molecule has 0 heterocycles. The Labute approximate surface area is 163 Å². The van der Waals surface area contributed by atoms with Crippen LogP contribution >= 0.6 is 11.8 Å². The van der Waals surface area contributed by atoms with Gasteiger partial charge in [-0.3, -0.25) is 4.79 Å². The van der Waals surface area contributed by atoms with Crippen molar-refractivity contribution >= 4 is 34.7 Å². The maximum absolute atomic E-state index is 12.0. The quantitative estimate of drug-likeness (QED) is 0.505. The molecule has 4 heteroatoms.